The summed E-state index contributed by atoms with van der Waals surface area (Å²) in [4.78, 5) is 26.2. The van der Waals surface area contributed by atoms with Gasteiger partial charge in [0.1, 0.15) is 6.04 Å². The molecule has 1 fully saturated rings. The monoisotopic (exact) mass is 314 g/mol. The van der Waals surface area contributed by atoms with Gasteiger partial charge in [-0.1, -0.05) is 13.0 Å². The molecule has 1 aliphatic rings. The highest BCUT2D eigenvalue weighted by Gasteiger charge is 2.41. The van der Waals surface area contributed by atoms with Gasteiger partial charge in [-0.15, -0.1) is 23.1 Å². The van der Waals surface area contributed by atoms with Gasteiger partial charge in [-0.3, -0.25) is 4.90 Å². The van der Waals surface area contributed by atoms with Gasteiger partial charge in [0.05, 0.1) is 11.4 Å². The van der Waals surface area contributed by atoms with Crippen molar-refractivity contribution in [2.45, 2.75) is 37.7 Å². The lowest BCUT2D eigenvalue weighted by atomic mass is 10.2. The second kappa shape index (κ2) is 6.49. The Kier molecular flexibility index (Phi) is 4.93. The predicted octanol–water partition coefficient (Wildman–Crippen LogP) is 2.76. The first-order valence-electron chi connectivity index (χ1n) is 6.51. The molecule has 2 amide bonds. The number of thiophene rings is 1. The Morgan fingerprint density at radius 2 is 2.35 bits per heavy atom. The van der Waals surface area contributed by atoms with E-state index in [4.69, 9.17) is 0 Å². The summed E-state index contributed by atoms with van der Waals surface area (Å²) in [6, 6.07) is 2.75. The van der Waals surface area contributed by atoms with E-state index in [1.54, 1.807) is 11.3 Å². The summed E-state index contributed by atoms with van der Waals surface area (Å²) in [5, 5.41) is 14.0. The van der Waals surface area contributed by atoms with Crippen LogP contribution in [0.2, 0.25) is 0 Å². The van der Waals surface area contributed by atoms with Crippen LogP contribution in [-0.2, 0) is 4.79 Å². The Hall–Kier alpha value is -1.21. The number of amides is 2. The quantitative estimate of drug-likeness (QED) is 0.896. The molecule has 0 aromatic carbocycles. The van der Waals surface area contributed by atoms with Crippen molar-refractivity contribution < 1.29 is 14.7 Å². The third-order valence-corrected chi connectivity index (χ3v) is 5.78. The first-order chi connectivity index (χ1) is 9.54. The van der Waals surface area contributed by atoms with Crippen molar-refractivity contribution in [3.63, 3.8) is 0 Å². The molecular formula is C13H18N2O3S2. The number of rotatable bonds is 4. The number of nitrogens with one attached hydrogen (secondary N) is 1. The Balaban J connectivity index is 2.07. The maximum atomic E-state index is 12.4. The smallest absolute Gasteiger partial charge is 0.327 e. The Bertz CT molecular complexity index is 478. The maximum absolute atomic E-state index is 12.4. The third-order valence-electron chi connectivity index (χ3n) is 3.27. The van der Waals surface area contributed by atoms with E-state index >= 15 is 0 Å². The van der Waals surface area contributed by atoms with E-state index < -0.39 is 12.0 Å². The number of aliphatic carboxylic acids is 1. The predicted molar refractivity (Wildman–Crippen MR) is 81.1 cm³/mol. The first kappa shape index (κ1) is 15.2. The van der Waals surface area contributed by atoms with E-state index in [9.17, 15) is 14.7 Å². The molecule has 2 N–H and O–H groups in total. The molecule has 3 unspecified atom stereocenters. The molecule has 1 saturated heterocycles. The zero-order valence-electron chi connectivity index (χ0n) is 11.4. The van der Waals surface area contributed by atoms with Crippen molar-refractivity contribution in [1.29, 1.82) is 0 Å². The standard InChI is InChI=1S/C13H18N2O3S2/c1-3-11-15(9(7-20-11)12(16)17)13(18)14-8(2)10-5-4-6-19-10/h4-6,8-9,11H,3,7H2,1-2H3,(H,14,18)(H,16,17). The number of carboxylic acid groups (broad SMARTS) is 1. The summed E-state index contributed by atoms with van der Waals surface area (Å²) < 4.78 is 0. The average Bonchev–Trinajstić information content (AvgIpc) is 3.07. The van der Waals surface area contributed by atoms with Crippen molar-refractivity contribution in [2.75, 3.05) is 5.75 Å². The van der Waals surface area contributed by atoms with Gasteiger partial charge in [0.25, 0.3) is 0 Å². The van der Waals surface area contributed by atoms with E-state index in [1.165, 1.54) is 16.7 Å². The Morgan fingerprint density at radius 1 is 1.60 bits per heavy atom. The number of thioether (sulfide) groups is 1. The molecule has 5 nitrogen and oxygen atoms in total. The summed E-state index contributed by atoms with van der Waals surface area (Å²) >= 11 is 3.10. The molecule has 7 heteroatoms. The molecule has 2 rings (SSSR count). The highest BCUT2D eigenvalue weighted by molar-refractivity contribution is 8.00. The van der Waals surface area contributed by atoms with Crippen LogP contribution in [0.25, 0.3) is 0 Å². The Morgan fingerprint density at radius 3 is 2.90 bits per heavy atom. The highest BCUT2D eigenvalue weighted by Crippen LogP contribution is 2.31. The van der Waals surface area contributed by atoms with Gasteiger partial charge in [-0.2, -0.15) is 0 Å². The van der Waals surface area contributed by atoms with Gasteiger partial charge in [0, 0.05) is 10.6 Å². The average molecular weight is 314 g/mol. The van der Waals surface area contributed by atoms with Crippen LogP contribution < -0.4 is 5.32 Å². The minimum Gasteiger partial charge on any atom is -0.480 e. The highest BCUT2D eigenvalue weighted by atomic mass is 32.2. The topological polar surface area (TPSA) is 69.6 Å². The molecule has 1 aliphatic heterocycles. The van der Waals surface area contributed by atoms with Gasteiger partial charge >= 0.3 is 12.0 Å². The number of urea groups is 1. The summed E-state index contributed by atoms with van der Waals surface area (Å²) in [5.74, 6) is -0.485. The van der Waals surface area contributed by atoms with Crippen LogP contribution in [0.15, 0.2) is 17.5 Å². The molecule has 0 aliphatic carbocycles. The van der Waals surface area contributed by atoms with Crippen LogP contribution in [0.5, 0.6) is 0 Å². The first-order valence-corrected chi connectivity index (χ1v) is 8.44. The van der Waals surface area contributed by atoms with Crippen molar-refractivity contribution >= 4 is 35.1 Å². The van der Waals surface area contributed by atoms with E-state index in [0.717, 1.165) is 11.3 Å². The summed E-state index contributed by atoms with van der Waals surface area (Å²) in [7, 11) is 0. The van der Waals surface area contributed by atoms with Gasteiger partial charge in [0.2, 0.25) is 0 Å². The zero-order valence-corrected chi connectivity index (χ0v) is 13.0. The normalized spacial score (nSPS) is 23.6. The Labute approximate surface area is 126 Å². The fourth-order valence-electron chi connectivity index (χ4n) is 2.21. The van der Waals surface area contributed by atoms with E-state index in [1.807, 2.05) is 31.4 Å². The number of hydrogen-bond donors (Lipinski definition) is 2. The zero-order chi connectivity index (χ0) is 14.7. The molecule has 1 aromatic rings. The number of carbonyl (C=O) groups is 2. The lowest BCUT2D eigenvalue weighted by Gasteiger charge is -2.28. The van der Waals surface area contributed by atoms with Gasteiger partial charge in [0.15, 0.2) is 0 Å². The van der Waals surface area contributed by atoms with Crippen LogP contribution in [0.4, 0.5) is 4.79 Å². The van der Waals surface area contributed by atoms with Crippen molar-refractivity contribution in [3.8, 4) is 0 Å². The second-order valence-electron chi connectivity index (χ2n) is 4.64. The van der Waals surface area contributed by atoms with E-state index in [-0.39, 0.29) is 17.4 Å². The molecule has 1 aromatic heterocycles. The minimum atomic E-state index is -0.938. The number of nitrogens with zero attached hydrogens (tertiary/aromatic N) is 1. The van der Waals surface area contributed by atoms with Gasteiger partial charge in [-0.05, 0) is 24.8 Å². The summed E-state index contributed by atoms with van der Waals surface area (Å²) in [5.41, 5.74) is 0. The van der Waals surface area contributed by atoms with Crippen molar-refractivity contribution in [3.05, 3.63) is 22.4 Å². The molecular weight excluding hydrogens is 296 g/mol. The minimum absolute atomic E-state index is 0.0633. The fourth-order valence-corrected chi connectivity index (χ4v) is 4.29. The van der Waals surface area contributed by atoms with Gasteiger partial charge in [-0.25, -0.2) is 9.59 Å². The van der Waals surface area contributed by atoms with Crippen molar-refractivity contribution in [1.82, 2.24) is 10.2 Å². The third kappa shape index (κ3) is 3.09. The molecule has 20 heavy (non-hydrogen) atoms. The summed E-state index contributed by atoms with van der Waals surface area (Å²) in [6.45, 7) is 3.87. The molecule has 3 atom stereocenters. The SMILES string of the molecule is CCC1SCC(C(=O)O)N1C(=O)NC(C)c1cccs1. The molecule has 0 radical (unpaired) electrons. The molecule has 110 valence electrons. The molecule has 0 bridgehead atoms. The number of carbonyl (C=O) groups excluding carboxylic acids is 1. The summed E-state index contributed by atoms with van der Waals surface area (Å²) in [6.07, 6.45) is 0.745. The fraction of sp³-hybridized carbons (Fsp3) is 0.538. The van der Waals surface area contributed by atoms with Crippen LogP contribution in [0, 0.1) is 0 Å². The largest absolute Gasteiger partial charge is 0.480 e. The van der Waals surface area contributed by atoms with E-state index in [2.05, 4.69) is 5.32 Å². The van der Waals surface area contributed by atoms with Crippen LogP contribution in [-0.4, -0.2) is 39.2 Å². The van der Waals surface area contributed by atoms with Crippen LogP contribution in [0.1, 0.15) is 31.2 Å². The molecule has 2 heterocycles. The number of carboxylic acids is 1. The lowest BCUT2D eigenvalue weighted by molar-refractivity contribution is -0.141. The van der Waals surface area contributed by atoms with Gasteiger partial charge < -0.3 is 10.4 Å². The second-order valence-corrected chi connectivity index (χ2v) is 6.83. The molecule has 0 saturated carbocycles. The molecule has 0 spiro atoms. The number of hydrogen-bond acceptors (Lipinski definition) is 4. The van der Waals surface area contributed by atoms with Crippen LogP contribution in [0.3, 0.4) is 0 Å². The lowest BCUT2D eigenvalue weighted by Crippen LogP contribution is -2.50. The van der Waals surface area contributed by atoms with Crippen molar-refractivity contribution in [2.24, 2.45) is 0 Å². The van der Waals surface area contributed by atoms with E-state index in [0.29, 0.717) is 5.75 Å². The van der Waals surface area contributed by atoms with Crippen LogP contribution >= 0.6 is 23.1 Å². The maximum Gasteiger partial charge on any atom is 0.327 e.